The van der Waals surface area contributed by atoms with Gasteiger partial charge in [0, 0.05) is 20.1 Å². The second-order valence-electron chi connectivity index (χ2n) is 4.67. The van der Waals surface area contributed by atoms with E-state index in [0.717, 1.165) is 26.1 Å². The molecule has 1 fully saturated rings. The van der Waals surface area contributed by atoms with E-state index in [1.807, 2.05) is 0 Å². The van der Waals surface area contributed by atoms with Crippen LogP contribution in [0.3, 0.4) is 0 Å². The fourth-order valence-corrected chi connectivity index (χ4v) is 2.13. The summed E-state index contributed by atoms with van der Waals surface area (Å²) >= 11 is 0. The van der Waals surface area contributed by atoms with Crippen LogP contribution >= 0.6 is 0 Å². The van der Waals surface area contributed by atoms with Crippen molar-refractivity contribution < 1.29 is 14.3 Å². The van der Waals surface area contributed by atoms with E-state index in [0.29, 0.717) is 12.5 Å². The van der Waals surface area contributed by atoms with Crippen molar-refractivity contribution in [2.75, 3.05) is 40.3 Å². The van der Waals surface area contributed by atoms with Gasteiger partial charge < -0.3 is 14.5 Å². The largest absolute Gasteiger partial charge is 0.466 e. The maximum Gasteiger partial charge on any atom is 0.315 e. The van der Waals surface area contributed by atoms with Crippen molar-refractivity contribution in [3.05, 3.63) is 0 Å². The van der Waals surface area contributed by atoms with E-state index >= 15 is 0 Å². The number of ether oxygens (including phenoxy) is 1. The Kier molecular flexibility index (Phi) is 5.41. The number of rotatable bonds is 5. The van der Waals surface area contributed by atoms with Crippen LogP contribution in [0, 0.1) is 5.92 Å². The highest BCUT2D eigenvalue weighted by Gasteiger charge is 2.23. The number of carbonyl (C=O) groups is 2. The third-order valence-electron chi connectivity index (χ3n) is 3.05. The molecule has 1 heterocycles. The van der Waals surface area contributed by atoms with Crippen molar-refractivity contribution in [1.82, 2.24) is 9.80 Å². The molecule has 1 atom stereocenters. The Morgan fingerprint density at radius 2 is 2.18 bits per heavy atom. The molecule has 1 aliphatic heterocycles. The Bertz CT molecular complexity index is 281. The molecule has 0 aromatic carbocycles. The summed E-state index contributed by atoms with van der Waals surface area (Å²) in [6.07, 6.45) is 0.973. The van der Waals surface area contributed by atoms with Crippen molar-refractivity contribution in [2.45, 2.75) is 19.8 Å². The van der Waals surface area contributed by atoms with Crippen LogP contribution in [-0.4, -0.2) is 62.0 Å². The molecular formula is C12H22N2O3. The molecule has 5 nitrogen and oxygen atoms in total. The molecule has 1 aliphatic rings. The van der Waals surface area contributed by atoms with Crippen molar-refractivity contribution in [3.8, 4) is 0 Å². The summed E-state index contributed by atoms with van der Waals surface area (Å²) < 4.78 is 4.76. The van der Waals surface area contributed by atoms with Gasteiger partial charge in [-0.15, -0.1) is 0 Å². The van der Waals surface area contributed by atoms with Crippen LogP contribution in [-0.2, 0) is 14.3 Å². The van der Waals surface area contributed by atoms with Crippen LogP contribution in [0.15, 0.2) is 0 Å². The maximum absolute atomic E-state index is 11.7. The monoisotopic (exact) mass is 242 g/mol. The first-order valence-electron chi connectivity index (χ1n) is 6.11. The van der Waals surface area contributed by atoms with Gasteiger partial charge in [-0.3, -0.25) is 9.59 Å². The lowest BCUT2D eigenvalue weighted by Gasteiger charge is -2.20. The molecule has 0 spiro atoms. The van der Waals surface area contributed by atoms with Crippen LogP contribution in [0.25, 0.3) is 0 Å². The first-order chi connectivity index (χ1) is 8.02. The van der Waals surface area contributed by atoms with Gasteiger partial charge in [0.2, 0.25) is 5.91 Å². The smallest absolute Gasteiger partial charge is 0.315 e. The first kappa shape index (κ1) is 14.0. The number of hydrogen-bond acceptors (Lipinski definition) is 4. The van der Waals surface area contributed by atoms with Gasteiger partial charge in [-0.2, -0.15) is 0 Å². The zero-order valence-electron chi connectivity index (χ0n) is 10.9. The molecule has 0 aromatic rings. The second kappa shape index (κ2) is 6.59. The summed E-state index contributed by atoms with van der Waals surface area (Å²) in [6, 6.07) is 0. The van der Waals surface area contributed by atoms with E-state index in [2.05, 4.69) is 11.9 Å². The van der Waals surface area contributed by atoms with Crippen LogP contribution in [0.1, 0.15) is 19.8 Å². The van der Waals surface area contributed by atoms with Gasteiger partial charge in [-0.25, -0.2) is 0 Å². The molecule has 0 radical (unpaired) electrons. The molecule has 0 aliphatic carbocycles. The lowest BCUT2D eigenvalue weighted by Crippen LogP contribution is -2.34. The Balaban J connectivity index is 2.29. The van der Waals surface area contributed by atoms with Gasteiger partial charge in [0.1, 0.15) is 6.42 Å². The minimum absolute atomic E-state index is 0.146. The van der Waals surface area contributed by atoms with Gasteiger partial charge in [0.25, 0.3) is 0 Å². The molecule has 1 saturated heterocycles. The SMILES string of the molecule is CCOC(=O)CC(=O)N(C)CC1CCN(C)C1. The van der Waals surface area contributed by atoms with E-state index in [9.17, 15) is 9.59 Å². The van der Waals surface area contributed by atoms with Crippen molar-refractivity contribution in [2.24, 2.45) is 5.92 Å². The molecule has 0 N–H and O–H groups in total. The molecule has 0 saturated carbocycles. The molecule has 1 unspecified atom stereocenters. The average Bonchev–Trinajstić information content (AvgIpc) is 2.64. The molecule has 1 rings (SSSR count). The van der Waals surface area contributed by atoms with Crippen LogP contribution < -0.4 is 0 Å². The van der Waals surface area contributed by atoms with Crippen LogP contribution in [0.5, 0.6) is 0 Å². The quantitative estimate of drug-likeness (QED) is 0.515. The maximum atomic E-state index is 11.7. The summed E-state index contributed by atoms with van der Waals surface area (Å²) in [5.74, 6) is -0.0676. The molecule has 0 aromatic heterocycles. The number of nitrogens with zero attached hydrogens (tertiary/aromatic N) is 2. The first-order valence-corrected chi connectivity index (χ1v) is 6.11. The lowest BCUT2D eigenvalue weighted by molar-refractivity contribution is -0.148. The summed E-state index contributed by atoms with van der Waals surface area (Å²) in [4.78, 5) is 26.8. The average molecular weight is 242 g/mol. The fraction of sp³-hybridized carbons (Fsp3) is 0.833. The lowest BCUT2D eigenvalue weighted by atomic mass is 10.1. The van der Waals surface area contributed by atoms with Crippen molar-refractivity contribution in [3.63, 3.8) is 0 Å². The molecule has 98 valence electrons. The highest BCUT2D eigenvalue weighted by atomic mass is 16.5. The molecular weight excluding hydrogens is 220 g/mol. The van der Waals surface area contributed by atoms with E-state index in [1.54, 1.807) is 18.9 Å². The van der Waals surface area contributed by atoms with E-state index in [1.165, 1.54) is 0 Å². The molecule has 0 bridgehead atoms. The third-order valence-corrected chi connectivity index (χ3v) is 3.05. The van der Waals surface area contributed by atoms with Crippen LogP contribution in [0.4, 0.5) is 0 Å². The summed E-state index contributed by atoms with van der Waals surface area (Å²) in [5, 5.41) is 0. The number of amides is 1. The summed E-state index contributed by atoms with van der Waals surface area (Å²) in [5.41, 5.74) is 0. The van der Waals surface area contributed by atoms with Gasteiger partial charge in [-0.05, 0) is 32.9 Å². The van der Waals surface area contributed by atoms with E-state index in [-0.39, 0.29) is 12.3 Å². The van der Waals surface area contributed by atoms with Gasteiger partial charge in [0.05, 0.1) is 6.61 Å². The minimum Gasteiger partial charge on any atom is -0.466 e. The summed E-state index contributed by atoms with van der Waals surface area (Å²) in [6.45, 7) is 4.90. The Morgan fingerprint density at radius 3 is 2.71 bits per heavy atom. The number of hydrogen-bond donors (Lipinski definition) is 0. The zero-order chi connectivity index (χ0) is 12.8. The summed E-state index contributed by atoms with van der Waals surface area (Å²) in [7, 11) is 3.83. The van der Waals surface area contributed by atoms with Crippen molar-refractivity contribution >= 4 is 11.9 Å². The zero-order valence-corrected chi connectivity index (χ0v) is 10.9. The van der Waals surface area contributed by atoms with E-state index in [4.69, 9.17) is 4.74 Å². The van der Waals surface area contributed by atoms with E-state index < -0.39 is 5.97 Å². The Hall–Kier alpha value is -1.10. The number of esters is 1. The topological polar surface area (TPSA) is 49.9 Å². The van der Waals surface area contributed by atoms with Gasteiger partial charge >= 0.3 is 5.97 Å². The normalized spacial score (nSPS) is 20.3. The van der Waals surface area contributed by atoms with Gasteiger partial charge in [-0.1, -0.05) is 0 Å². The van der Waals surface area contributed by atoms with Gasteiger partial charge in [0.15, 0.2) is 0 Å². The molecule has 5 heteroatoms. The highest BCUT2D eigenvalue weighted by Crippen LogP contribution is 2.15. The predicted molar refractivity (Wildman–Crippen MR) is 64.5 cm³/mol. The number of likely N-dealkylation sites (tertiary alicyclic amines) is 1. The predicted octanol–water partition coefficient (Wildman–Crippen LogP) is 0.350. The fourth-order valence-electron chi connectivity index (χ4n) is 2.13. The van der Waals surface area contributed by atoms with Crippen molar-refractivity contribution in [1.29, 1.82) is 0 Å². The Labute approximate surface area is 103 Å². The number of carbonyl (C=O) groups excluding carboxylic acids is 2. The highest BCUT2D eigenvalue weighted by molar-refractivity contribution is 5.94. The standard InChI is InChI=1S/C12H22N2O3/c1-4-17-12(16)7-11(15)14(3)9-10-5-6-13(2)8-10/h10H,4-9H2,1-3H3. The molecule has 1 amide bonds. The Morgan fingerprint density at radius 1 is 1.47 bits per heavy atom. The minimum atomic E-state index is -0.437. The second-order valence-corrected chi connectivity index (χ2v) is 4.67. The third kappa shape index (κ3) is 4.73. The van der Waals surface area contributed by atoms with Crippen LogP contribution in [0.2, 0.25) is 0 Å². The molecule has 17 heavy (non-hydrogen) atoms.